The maximum absolute atomic E-state index is 10.2. The van der Waals surface area contributed by atoms with E-state index in [1.807, 2.05) is 0 Å². The zero-order valence-corrected chi connectivity index (χ0v) is 5.31. The van der Waals surface area contributed by atoms with Gasteiger partial charge in [-0.1, -0.05) is 6.92 Å². The van der Waals surface area contributed by atoms with Crippen LogP contribution in [-0.2, 0) is 9.59 Å². The highest BCUT2D eigenvalue weighted by atomic mass is 16.1. The predicted octanol–water partition coefficient (Wildman–Crippen LogP) is 0.0298. The molecular formula is C6H9NO2. The molecule has 2 N–H and O–H groups in total. The van der Waals surface area contributed by atoms with Crippen LogP contribution in [-0.4, -0.2) is 11.8 Å². The van der Waals surface area contributed by atoms with Crippen molar-refractivity contribution < 1.29 is 9.59 Å². The van der Waals surface area contributed by atoms with Crippen molar-refractivity contribution in [3.05, 3.63) is 5.57 Å². The lowest BCUT2D eigenvalue weighted by Crippen LogP contribution is -2.11. The quantitative estimate of drug-likeness (QED) is 0.543. The van der Waals surface area contributed by atoms with E-state index in [-0.39, 0.29) is 6.42 Å². The summed E-state index contributed by atoms with van der Waals surface area (Å²) in [5.74, 6) is 1.17. The molecule has 0 rings (SSSR count). The highest BCUT2D eigenvalue weighted by Gasteiger charge is 1.98. The molecule has 0 spiro atoms. The fourth-order valence-electron chi connectivity index (χ4n) is 0.444. The maximum Gasteiger partial charge on any atom is 0.222 e. The van der Waals surface area contributed by atoms with Gasteiger partial charge in [-0.25, -0.2) is 4.79 Å². The number of primary amides is 1. The lowest BCUT2D eigenvalue weighted by atomic mass is 10.1. The number of amides is 1. The smallest absolute Gasteiger partial charge is 0.222 e. The van der Waals surface area contributed by atoms with E-state index in [9.17, 15) is 9.59 Å². The average molecular weight is 127 g/mol. The molecule has 3 heteroatoms. The van der Waals surface area contributed by atoms with Crippen LogP contribution < -0.4 is 5.73 Å². The summed E-state index contributed by atoms with van der Waals surface area (Å²) in [7, 11) is 0. The van der Waals surface area contributed by atoms with Crippen molar-refractivity contribution in [3.8, 4) is 0 Å². The molecule has 0 atom stereocenters. The van der Waals surface area contributed by atoms with E-state index in [2.05, 4.69) is 0 Å². The minimum Gasteiger partial charge on any atom is -0.369 e. The number of hydrogen-bond acceptors (Lipinski definition) is 2. The van der Waals surface area contributed by atoms with E-state index in [0.717, 1.165) is 0 Å². The van der Waals surface area contributed by atoms with Crippen molar-refractivity contribution in [3.63, 3.8) is 0 Å². The monoisotopic (exact) mass is 127 g/mol. The number of nitrogens with two attached hydrogens (primary N) is 1. The van der Waals surface area contributed by atoms with Crippen molar-refractivity contribution in [2.24, 2.45) is 5.73 Å². The Kier molecular flexibility index (Phi) is 3.40. The molecule has 0 aliphatic heterocycles. The molecule has 3 nitrogen and oxygen atoms in total. The van der Waals surface area contributed by atoms with Gasteiger partial charge in [0.05, 0.1) is 6.42 Å². The summed E-state index contributed by atoms with van der Waals surface area (Å²) >= 11 is 0. The number of carbonyl (C=O) groups is 1. The van der Waals surface area contributed by atoms with E-state index in [1.165, 1.54) is 0 Å². The van der Waals surface area contributed by atoms with Gasteiger partial charge in [0.2, 0.25) is 5.91 Å². The van der Waals surface area contributed by atoms with Crippen LogP contribution in [0.2, 0.25) is 0 Å². The van der Waals surface area contributed by atoms with Gasteiger partial charge in [0.25, 0.3) is 0 Å². The topological polar surface area (TPSA) is 60.2 Å². The second-order valence-corrected chi connectivity index (χ2v) is 1.70. The highest BCUT2D eigenvalue weighted by molar-refractivity contribution is 5.79. The molecule has 0 fully saturated rings. The Morgan fingerprint density at radius 3 is 2.33 bits per heavy atom. The van der Waals surface area contributed by atoms with Gasteiger partial charge in [0, 0.05) is 5.57 Å². The Bertz CT molecular complexity index is 156. The zero-order chi connectivity index (χ0) is 7.28. The lowest BCUT2D eigenvalue weighted by Gasteiger charge is -1.91. The fraction of sp³-hybridized carbons (Fsp3) is 0.500. The first kappa shape index (κ1) is 7.92. The Balaban J connectivity index is 3.87. The SMILES string of the molecule is CCC(=C=O)CC(N)=O. The van der Waals surface area contributed by atoms with Crippen molar-refractivity contribution in [2.75, 3.05) is 0 Å². The summed E-state index contributed by atoms with van der Waals surface area (Å²) in [4.78, 5) is 20.1. The molecule has 0 unspecified atom stereocenters. The van der Waals surface area contributed by atoms with Gasteiger partial charge < -0.3 is 5.73 Å². The second kappa shape index (κ2) is 3.87. The second-order valence-electron chi connectivity index (χ2n) is 1.70. The number of hydrogen-bond donors (Lipinski definition) is 1. The van der Waals surface area contributed by atoms with Gasteiger partial charge in [-0.3, -0.25) is 4.79 Å². The van der Waals surface area contributed by atoms with E-state index >= 15 is 0 Å². The Labute approximate surface area is 53.5 Å². The third-order valence-electron chi connectivity index (χ3n) is 0.959. The normalized spacial score (nSPS) is 8.11. The summed E-state index contributed by atoms with van der Waals surface area (Å²) in [6, 6.07) is 0. The number of rotatable bonds is 3. The van der Waals surface area contributed by atoms with Gasteiger partial charge in [-0.15, -0.1) is 0 Å². The molecule has 0 saturated heterocycles. The molecule has 0 heterocycles. The standard InChI is InChI=1S/C6H9NO2/c1-2-5(4-8)3-6(7)9/h2-3H2,1H3,(H2,7,9). The predicted molar refractivity (Wildman–Crippen MR) is 33.3 cm³/mol. The third-order valence-corrected chi connectivity index (χ3v) is 0.959. The molecule has 0 aliphatic rings. The van der Waals surface area contributed by atoms with Crippen LogP contribution in [0.25, 0.3) is 0 Å². The first-order chi connectivity index (χ1) is 4.20. The van der Waals surface area contributed by atoms with E-state index < -0.39 is 5.91 Å². The number of carbonyl (C=O) groups excluding carboxylic acids is 2. The third kappa shape index (κ3) is 3.50. The van der Waals surface area contributed by atoms with E-state index in [0.29, 0.717) is 12.0 Å². The molecule has 0 radical (unpaired) electrons. The molecule has 0 aliphatic carbocycles. The van der Waals surface area contributed by atoms with Gasteiger partial charge in [-0.05, 0) is 6.42 Å². The van der Waals surface area contributed by atoms with Crippen molar-refractivity contribution in [2.45, 2.75) is 19.8 Å². The Hall–Kier alpha value is -1.08. The Morgan fingerprint density at radius 1 is 1.67 bits per heavy atom. The van der Waals surface area contributed by atoms with Crippen LogP contribution in [0.4, 0.5) is 0 Å². The first-order valence-electron chi connectivity index (χ1n) is 2.71. The zero-order valence-electron chi connectivity index (χ0n) is 5.31. The Morgan fingerprint density at radius 2 is 2.22 bits per heavy atom. The summed E-state index contributed by atoms with van der Waals surface area (Å²) in [6.07, 6.45) is 0.590. The van der Waals surface area contributed by atoms with Crippen molar-refractivity contribution in [1.82, 2.24) is 0 Å². The molecular weight excluding hydrogens is 118 g/mol. The van der Waals surface area contributed by atoms with Crippen LogP contribution in [0, 0.1) is 0 Å². The molecule has 0 bridgehead atoms. The molecule has 0 aromatic rings. The van der Waals surface area contributed by atoms with E-state index in [1.54, 1.807) is 12.9 Å². The van der Waals surface area contributed by atoms with Crippen LogP contribution in [0.3, 0.4) is 0 Å². The summed E-state index contributed by atoms with van der Waals surface area (Å²) in [5.41, 5.74) is 5.24. The fourth-order valence-corrected chi connectivity index (χ4v) is 0.444. The van der Waals surface area contributed by atoms with Crippen molar-refractivity contribution in [1.29, 1.82) is 0 Å². The average Bonchev–Trinajstić information content (AvgIpc) is 1.82. The molecule has 50 valence electrons. The highest BCUT2D eigenvalue weighted by Crippen LogP contribution is 1.98. The summed E-state index contributed by atoms with van der Waals surface area (Å²) in [6.45, 7) is 1.78. The van der Waals surface area contributed by atoms with Crippen LogP contribution in [0.1, 0.15) is 19.8 Å². The molecule has 9 heavy (non-hydrogen) atoms. The first-order valence-corrected chi connectivity index (χ1v) is 2.71. The molecule has 0 aromatic carbocycles. The maximum atomic E-state index is 10.2. The van der Waals surface area contributed by atoms with Crippen LogP contribution in [0.15, 0.2) is 5.57 Å². The minimum absolute atomic E-state index is 0.0417. The summed E-state index contributed by atoms with van der Waals surface area (Å²) in [5, 5.41) is 0. The summed E-state index contributed by atoms with van der Waals surface area (Å²) < 4.78 is 0. The van der Waals surface area contributed by atoms with Gasteiger partial charge in [-0.2, -0.15) is 0 Å². The molecule has 0 saturated carbocycles. The van der Waals surface area contributed by atoms with Gasteiger partial charge >= 0.3 is 0 Å². The van der Waals surface area contributed by atoms with Gasteiger partial charge in [0.15, 0.2) is 0 Å². The van der Waals surface area contributed by atoms with Crippen molar-refractivity contribution >= 4 is 11.8 Å². The minimum atomic E-state index is -0.477. The van der Waals surface area contributed by atoms with Crippen LogP contribution in [0.5, 0.6) is 0 Å². The molecule has 1 amide bonds. The molecule has 0 aromatic heterocycles. The van der Waals surface area contributed by atoms with Crippen LogP contribution >= 0.6 is 0 Å². The largest absolute Gasteiger partial charge is 0.369 e. The van der Waals surface area contributed by atoms with E-state index in [4.69, 9.17) is 5.73 Å². The lowest BCUT2D eigenvalue weighted by molar-refractivity contribution is -0.117. The van der Waals surface area contributed by atoms with Gasteiger partial charge in [0.1, 0.15) is 5.94 Å².